The van der Waals surface area contributed by atoms with E-state index >= 15 is 0 Å². The molecule has 0 saturated heterocycles. The average molecular weight is 310 g/mol. The molecule has 0 aliphatic rings. The quantitative estimate of drug-likeness (QED) is 0.506. The number of hydrogen-bond donors (Lipinski definition) is 0. The largest absolute Gasteiger partial charge is 0.493 e. The van der Waals surface area contributed by atoms with Crippen molar-refractivity contribution in [1.29, 1.82) is 0 Å². The molecule has 124 valence electrons. The Hall–Kier alpha value is -1.76. The van der Waals surface area contributed by atoms with Crippen LogP contribution in [0.4, 0.5) is 0 Å². The lowest BCUT2D eigenvalue weighted by Crippen LogP contribution is -2.00. The van der Waals surface area contributed by atoms with E-state index in [1.54, 1.807) is 0 Å². The fourth-order valence-electron chi connectivity index (χ4n) is 2.94. The van der Waals surface area contributed by atoms with Crippen molar-refractivity contribution in [3.63, 3.8) is 0 Å². The summed E-state index contributed by atoms with van der Waals surface area (Å²) in [5, 5.41) is 0. The van der Waals surface area contributed by atoms with Crippen LogP contribution in [0.5, 0.6) is 5.75 Å². The zero-order valence-corrected chi connectivity index (χ0v) is 15.1. The molecule has 0 bridgehead atoms. The van der Waals surface area contributed by atoms with Crippen molar-refractivity contribution in [2.45, 2.75) is 59.8 Å². The lowest BCUT2D eigenvalue weighted by atomic mass is 9.95. The highest BCUT2D eigenvalue weighted by molar-refractivity contribution is 5.70. The Morgan fingerprint density at radius 1 is 0.783 bits per heavy atom. The predicted molar refractivity (Wildman–Crippen MR) is 100 cm³/mol. The smallest absolute Gasteiger partial charge is 0.122 e. The third-order valence-corrected chi connectivity index (χ3v) is 4.55. The monoisotopic (exact) mass is 310 g/mol. The predicted octanol–water partition coefficient (Wildman–Crippen LogP) is 6.49. The lowest BCUT2D eigenvalue weighted by molar-refractivity contribution is 0.304. The molecule has 0 N–H and O–H groups in total. The highest BCUT2D eigenvalue weighted by Crippen LogP contribution is 2.31. The molecule has 0 amide bonds. The molecule has 1 heteroatoms. The van der Waals surface area contributed by atoms with Crippen LogP contribution in [0.15, 0.2) is 36.4 Å². The Morgan fingerprint density at radius 3 is 2.17 bits per heavy atom. The standard InChI is InChI=1S/C22H30O/c1-5-7-8-16-23-22-15-14-21(17(3)18(22)4)20-12-10-19(9-6-2)11-13-20/h10-15H,5-9,16H2,1-4H3. The minimum absolute atomic E-state index is 0.819. The molecular weight excluding hydrogens is 280 g/mol. The van der Waals surface area contributed by atoms with E-state index in [4.69, 9.17) is 4.74 Å². The van der Waals surface area contributed by atoms with Gasteiger partial charge >= 0.3 is 0 Å². The molecule has 23 heavy (non-hydrogen) atoms. The van der Waals surface area contributed by atoms with Crippen molar-refractivity contribution in [3.05, 3.63) is 53.1 Å². The van der Waals surface area contributed by atoms with Crippen LogP contribution in [-0.2, 0) is 6.42 Å². The molecule has 0 aliphatic carbocycles. The highest BCUT2D eigenvalue weighted by Gasteiger charge is 2.09. The van der Waals surface area contributed by atoms with E-state index in [1.165, 1.54) is 47.1 Å². The summed E-state index contributed by atoms with van der Waals surface area (Å²) >= 11 is 0. The summed E-state index contributed by atoms with van der Waals surface area (Å²) in [6.45, 7) is 9.62. The molecule has 0 unspecified atom stereocenters. The van der Waals surface area contributed by atoms with Crippen molar-refractivity contribution in [2.75, 3.05) is 6.61 Å². The van der Waals surface area contributed by atoms with Crippen LogP contribution in [0.3, 0.4) is 0 Å². The fraction of sp³-hybridized carbons (Fsp3) is 0.455. The van der Waals surface area contributed by atoms with Gasteiger partial charge in [0.15, 0.2) is 0 Å². The van der Waals surface area contributed by atoms with Gasteiger partial charge in [-0.2, -0.15) is 0 Å². The normalized spacial score (nSPS) is 10.8. The number of ether oxygens (including phenoxy) is 1. The van der Waals surface area contributed by atoms with Crippen LogP contribution in [0, 0.1) is 13.8 Å². The van der Waals surface area contributed by atoms with Gasteiger partial charge in [-0.05, 0) is 60.6 Å². The maximum atomic E-state index is 5.96. The Morgan fingerprint density at radius 2 is 1.52 bits per heavy atom. The summed E-state index contributed by atoms with van der Waals surface area (Å²) in [6.07, 6.45) is 5.95. The average Bonchev–Trinajstić information content (AvgIpc) is 2.57. The summed E-state index contributed by atoms with van der Waals surface area (Å²) < 4.78 is 5.96. The maximum Gasteiger partial charge on any atom is 0.122 e. The van der Waals surface area contributed by atoms with Gasteiger partial charge in [-0.25, -0.2) is 0 Å². The van der Waals surface area contributed by atoms with Crippen LogP contribution in [0.1, 0.15) is 56.2 Å². The van der Waals surface area contributed by atoms with Gasteiger partial charge in [0, 0.05) is 0 Å². The van der Waals surface area contributed by atoms with Crippen molar-refractivity contribution < 1.29 is 4.74 Å². The van der Waals surface area contributed by atoms with Gasteiger partial charge in [-0.3, -0.25) is 0 Å². The number of benzene rings is 2. The molecule has 0 spiro atoms. The van der Waals surface area contributed by atoms with Gasteiger partial charge in [0.25, 0.3) is 0 Å². The van der Waals surface area contributed by atoms with Crippen LogP contribution >= 0.6 is 0 Å². The summed E-state index contributed by atoms with van der Waals surface area (Å²) in [5.74, 6) is 1.03. The second kappa shape index (κ2) is 8.76. The van der Waals surface area contributed by atoms with Gasteiger partial charge in [0.1, 0.15) is 5.75 Å². The Kier molecular flexibility index (Phi) is 6.70. The number of unbranched alkanes of at least 4 members (excludes halogenated alkanes) is 2. The highest BCUT2D eigenvalue weighted by atomic mass is 16.5. The first-order valence-electron chi connectivity index (χ1n) is 8.99. The van der Waals surface area contributed by atoms with E-state index < -0.39 is 0 Å². The summed E-state index contributed by atoms with van der Waals surface area (Å²) in [5.41, 5.74) is 6.61. The number of aryl methyl sites for hydroxylation is 1. The first kappa shape index (κ1) is 17.6. The van der Waals surface area contributed by atoms with Crippen molar-refractivity contribution in [2.24, 2.45) is 0 Å². The second-order valence-electron chi connectivity index (χ2n) is 6.36. The van der Waals surface area contributed by atoms with Crippen LogP contribution in [-0.4, -0.2) is 6.61 Å². The maximum absolute atomic E-state index is 5.96. The zero-order valence-electron chi connectivity index (χ0n) is 15.1. The van der Waals surface area contributed by atoms with Gasteiger partial charge in [-0.15, -0.1) is 0 Å². The van der Waals surface area contributed by atoms with Gasteiger partial charge in [0.05, 0.1) is 6.61 Å². The molecule has 0 heterocycles. The van der Waals surface area contributed by atoms with Crippen LogP contribution in [0.25, 0.3) is 11.1 Å². The number of hydrogen-bond acceptors (Lipinski definition) is 1. The Balaban J connectivity index is 2.15. The Bertz CT molecular complexity index is 611. The van der Waals surface area contributed by atoms with Crippen LogP contribution < -0.4 is 4.74 Å². The molecule has 0 aliphatic heterocycles. The molecule has 2 aromatic carbocycles. The molecule has 0 aromatic heterocycles. The summed E-state index contributed by atoms with van der Waals surface area (Å²) in [7, 11) is 0. The van der Waals surface area contributed by atoms with Gasteiger partial charge in [0.2, 0.25) is 0 Å². The van der Waals surface area contributed by atoms with Gasteiger partial charge in [-0.1, -0.05) is 63.4 Å². The van der Waals surface area contributed by atoms with E-state index in [2.05, 4.69) is 64.1 Å². The third-order valence-electron chi connectivity index (χ3n) is 4.55. The van der Waals surface area contributed by atoms with Crippen LogP contribution in [0.2, 0.25) is 0 Å². The lowest BCUT2D eigenvalue weighted by Gasteiger charge is -2.15. The fourth-order valence-corrected chi connectivity index (χ4v) is 2.94. The molecule has 0 radical (unpaired) electrons. The Labute approximate surface area is 141 Å². The van der Waals surface area contributed by atoms with E-state index in [0.29, 0.717) is 0 Å². The first-order valence-corrected chi connectivity index (χ1v) is 8.99. The van der Waals surface area contributed by atoms with E-state index in [1.807, 2.05) is 0 Å². The van der Waals surface area contributed by atoms with Crippen molar-refractivity contribution in [1.82, 2.24) is 0 Å². The topological polar surface area (TPSA) is 9.23 Å². The van der Waals surface area contributed by atoms with E-state index in [0.717, 1.165) is 25.2 Å². The van der Waals surface area contributed by atoms with E-state index in [-0.39, 0.29) is 0 Å². The molecule has 0 saturated carbocycles. The minimum atomic E-state index is 0.819. The zero-order chi connectivity index (χ0) is 16.7. The number of rotatable bonds is 8. The van der Waals surface area contributed by atoms with Gasteiger partial charge < -0.3 is 4.74 Å². The minimum Gasteiger partial charge on any atom is -0.493 e. The molecule has 2 aromatic rings. The molecule has 0 fully saturated rings. The third kappa shape index (κ3) is 4.60. The molecule has 1 nitrogen and oxygen atoms in total. The second-order valence-corrected chi connectivity index (χ2v) is 6.36. The molecule has 2 rings (SSSR count). The van der Waals surface area contributed by atoms with E-state index in [9.17, 15) is 0 Å². The first-order chi connectivity index (χ1) is 11.2. The summed E-state index contributed by atoms with van der Waals surface area (Å²) in [4.78, 5) is 0. The van der Waals surface area contributed by atoms with Crippen molar-refractivity contribution in [3.8, 4) is 16.9 Å². The molecular formula is C22H30O. The summed E-state index contributed by atoms with van der Waals surface area (Å²) in [6, 6.07) is 13.3. The SMILES string of the molecule is CCCCCOc1ccc(-c2ccc(CCC)cc2)c(C)c1C. The van der Waals surface area contributed by atoms with Crippen molar-refractivity contribution >= 4 is 0 Å². The molecule has 0 atom stereocenters.